The van der Waals surface area contributed by atoms with Crippen molar-refractivity contribution in [2.75, 3.05) is 0 Å². The van der Waals surface area contributed by atoms with Gasteiger partial charge < -0.3 is 5.73 Å². The second-order valence-electron chi connectivity index (χ2n) is 4.19. The van der Waals surface area contributed by atoms with Gasteiger partial charge >= 0.3 is 0 Å². The van der Waals surface area contributed by atoms with Gasteiger partial charge in [0.05, 0.1) is 0 Å². The maximum Gasteiger partial charge on any atom is 0.149 e. The number of pyridine rings is 1. The first-order chi connectivity index (χ1) is 7.65. The third-order valence-corrected chi connectivity index (χ3v) is 2.77. The molecule has 0 saturated heterocycles. The minimum absolute atomic E-state index is 0.275. The lowest BCUT2D eigenvalue weighted by Gasteiger charge is -2.14. The Morgan fingerprint density at radius 3 is 2.75 bits per heavy atom. The van der Waals surface area contributed by atoms with Crippen LogP contribution in [0.1, 0.15) is 30.9 Å². The fraction of sp³-hybridized carbons (Fsp3) is 0.308. The lowest BCUT2D eigenvalue weighted by Crippen LogP contribution is -2.05. The van der Waals surface area contributed by atoms with E-state index in [-0.39, 0.29) is 5.82 Å². The predicted molar refractivity (Wildman–Crippen MR) is 63.7 cm³/mol. The molecule has 0 aliphatic carbocycles. The van der Waals surface area contributed by atoms with Gasteiger partial charge in [0, 0.05) is 18.1 Å². The van der Waals surface area contributed by atoms with Crippen molar-refractivity contribution < 1.29 is 4.39 Å². The molecule has 1 heterocycles. The van der Waals surface area contributed by atoms with Crippen LogP contribution in [-0.4, -0.2) is 4.98 Å². The first-order valence-electron chi connectivity index (χ1n) is 5.41. The average Bonchev–Trinajstić information content (AvgIpc) is 2.27. The van der Waals surface area contributed by atoms with Crippen LogP contribution in [0.15, 0.2) is 24.4 Å². The van der Waals surface area contributed by atoms with Gasteiger partial charge in [0.1, 0.15) is 11.3 Å². The number of nitrogens with zero attached hydrogens (tertiary/aromatic N) is 1. The number of hydrogen-bond acceptors (Lipinski definition) is 2. The van der Waals surface area contributed by atoms with E-state index < -0.39 is 0 Å². The fourth-order valence-electron chi connectivity index (χ4n) is 2.09. The Kier molecular flexibility index (Phi) is 2.88. The van der Waals surface area contributed by atoms with Crippen molar-refractivity contribution >= 4 is 10.9 Å². The largest absolute Gasteiger partial charge is 0.326 e. The average molecular weight is 218 g/mol. The molecule has 0 amide bonds. The summed E-state index contributed by atoms with van der Waals surface area (Å²) >= 11 is 0. The second-order valence-corrected chi connectivity index (χ2v) is 4.19. The van der Waals surface area contributed by atoms with Crippen molar-refractivity contribution in [1.29, 1.82) is 0 Å². The van der Waals surface area contributed by atoms with Crippen molar-refractivity contribution in [2.24, 2.45) is 5.73 Å². The zero-order chi connectivity index (χ0) is 11.7. The number of halogens is 1. The topological polar surface area (TPSA) is 38.9 Å². The van der Waals surface area contributed by atoms with Crippen LogP contribution in [0.25, 0.3) is 10.9 Å². The van der Waals surface area contributed by atoms with Crippen molar-refractivity contribution in [3.63, 3.8) is 0 Å². The Labute approximate surface area is 94.3 Å². The highest BCUT2D eigenvalue weighted by Gasteiger charge is 2.12. The lowest BCUT2D eigenvalue weighted by atomic mass is 9.94. The number of benzene rings is 1. The molecular formula is C13H15FN2. The molecule has 0 aliphatic rings. The van der Waals surface area contributed by atoms with Crippen LogP contribution in [-0.2, 0) is 6.54 Å². The zero-order valence-electron chi connectivity index (χ0n) is 9.50. The molecule has 0 saturated carbocycles. The summed E-state index contributed by atoms with van der Waals surface area (Å²) in [6.45, 7) is 4.60. The van der Waals surface area contributed by atoms with Crippen LogP contribution in [0.5, 0.6) is 0 Å². The molecule has 2 aromatic rings. The number of aromatic nitrogens is 1. The van der Waals surface area contributed by atoms with Gasteiger partial charge in [0.15, 0.2) is 0 Å². The first kappa shape index (κ1) is 11.0. The van der Waals surface area contributed by atoms with Crippen LogP contribution < -0.4 is 5.73 Å². The highest BCUT2D eigenvalue weighted by Crippen LogP contribution is 2.28. The number of nitrogens with two attached hydrogens (primary N) is 1. The van der Waals surface area contributed by atoms with E-state index in [0.29, 0.717) is 18.0 Å². The Balaban J connectivity index is 2.84. The van der Waals surface area contributed by atoms with Crippen molar-refractivity contribution in [1.82, 2.24) is 4.98 Å². The molecule has 3 heteroatoms. The summed E-state index contributed by atoms with van der Waals surface area (Å²) in [5, 5.41) is 0.873. The van der Waals surface area contributed by atoms with E-state index in [1.165, 1.54) is 6.07 Å². The molecule has 2 N–H and O–H groups in total. The van der Waals surface area contributed by atoms with Crippen LogP contribution in [0.4, 0.5) is 4.39 Å². The third-order valence-electron chi connectivity index (χ3n) is 2.77. The molecule has 16 heavy (non-hydrogen) atoms. The van der Waals surface area contributed by atoms with E-state index >= 15 is 0 Å². The van der Waals surface area contributed by atoms with E-state index in [9.17, 15) is 4.39 Å². The van der Waals surface area contributed by atoms with Crippen LogP contribution >= 0.6 is 0 Å². The number of para-hydroxylation sites is 1. The molecule has 0 radical (unpaired) electrons. The maximum atomic E-state index is 13.6. The number of hydrogen-bond donors (Lipinski definition) is 1. The van der Waals surface area contributed by atoms with Gasteiger partial charge in [-0.1, -0.05) is 26.0 Å². The molecule has 0 unspecified atom stereocenters. The van der Waals surface area contributed by atoms with Gasteiger partial charge in [-0.2, -0.15) is 0 Å². The van der Waals surface area contributed by atoms with E-state index in [4.69, 9.17) is 5.73 Å². The first-order valence-corrected chi connectivity index (χ1v) is 5.41. The predicted octanol–water partition coefficient (Wildman–Crippen LogP) is 2.96. The van der Waals surface area contributed by atoms with Gasteiger partial charge in [-0.3, -0.25) is 4.98 Å². The molecule has 2 rings (SSSR count). The Hall–Kier alpha value is -1.48. The summed E-state index contributed by atoms with van der Waals surface area (Å²) in [6.07, 6.45) is 1.68. The van der Waals surface area contributed by atoms with Crippen LogP contribution in [0.2, 0.25) is 0 Å². The highest BCUT2D eigenvalue weighted by atomic mass is 19.1. The SMILES string of the molecule is CC(C)c1c(CN)cnc2c(F)cccc12. The second kappa shape index (κ2) is 4.18. The van der Waals surface area contributed by atoms with Crippen LogP contribution in [0.3, 0.4) is 0 Å². The van der Waals surface area contributed by atoms with Crippen molar-refractivity contribution in [3.8, 4) is 0 Å². The standard InChI is InChI=1S/C13H15FN2/c1-8(2)12-9(6-15)7-16-13-10(12)4-3-5-11(13)14/h3-5,7-8H,6,15H2,1-2H3. The normalized spacial score (nSPS) is 11.3. The van der Waals surface area contributed by atoms with E-state index in [1.807, 2.05) is 6.07 Å². The zero-order valence-corrected chi connectivity index (χ0v) is 9.50. The molecule has 1 aromatic heterocycles. The monoisotopic (exact) mass is 218 g/mol. The van der Waals surface area contributed by atoms with E-state index in [2.05, 4.69) is 18.8 Å². The molecule has 1 aromatic carbocycles. The molecular weight excluding hydrogens is 203 g/mol. The fourth-order valence-corrected chi connectivity index (χ4v) is 2.09. The van der Waals surface area contributed by atoms with Gasteiger partial charge in [-0.05, 0) is 23.1 Å². The molecule has 84 valence electrons. The summed E-state index contributed by atoms with van der Waals surface area (Å²) in [7, 11) is 0. The van der Waals surface area contributed by atoms with E-state index in [1.54, 1.807) is 12.3 Å². The number of fused-ring (bicyclic) bond motifs is 1. The summed E-state index contributed by atoms with van der Waals surface area (Å²) in [5.41, 5.74) is 8.21. The van der Waals surface area contributed by atoms with E-state index in [0.717, 1.165) is 16.5 Å². The minimum Gasteiger partial charge on any atom is -0.326 e. The lowest BCUT2D eigenvalue weighted by molar-refractivity contribution is 0.636. The van der Waals surface area contributed by atoms with Gasteiger partial charge in [-0.15, -0.1) is 0 Å². The minimum atomic E-state index is -0.275. The Morgan fingerprint density at radius 2 is 2.12 bits per heavy atom. The van der Waals surface area contributed by atoms with Crippen molar-refractivity contribution in [3.05, 3.63) is 41.3 Å². The highest BCUT2D eigenvalue weighted by molar-refractivity contribution is 5.84. The Bertz CT molecular complexity index is 521. The summed E-state index contributed by atoms with van der Waals surface area (Å²) in [5.74, 6) is 0.0359. The molecule has 0 atom stereocenters. The Morgan fingerprint density at radius 1 is 1.38 bits per heavy atom. The molecule has 0 aliphatic heterocycles. The van der Waals surface area contributed by atoms with Gasteiger partial charge in [-0.25, -0.2) is 4.39 Å². The van der Waals surface area contributed by atoms with Crippen LogP contribution in [0, 0.1) is 5.82 Å². The quantitative estimate of drug-likeness (QED) is 0.841. The van der Waals surface area contributed by atoms with Gasteiger partial charge in [0.2, 0.25) is 0 Å². The summed E-state index contributed by atoms with van der Waals surface area (Å²) in [4.78, 5) is 4.14. The van der Waals surface area contributed by atoms with Crippen molar-refractivity contribution in [2.45, 2.75) is 26.3 Å². The maximum absolute atomic E-state index is 13.6. The molecule has 0 fully saturated rings. The summed E-state index contributed by atoms with van der Waals surface area (Å²) in [6, 6.07) is 5.05. The molecule has 0 spiro atoms. The number of rotatable bonds is 2. The summed E-state index contributed by atoms with van der Waals surface area (Å²) < 4.78 is 13.6. The van der Waals surface area contributed by atoms with Gasteiger partial charge in [0.25, 0.3) is 0 Å². The molecule has 0 bridgehead atoms. The smallest absolute Gasteiger partial charge is 0.149 e. The molecule has 2 nitrogen and oxygen atoms in total. The third kappa shape index (κ3) is 1.67.